The number of nitrogens with zero attached hydrogens (tertiary/aromatic N) is 6. The zero-order valence-corrected chi connectivity index (χ0v) is 13.2. The Kier molecular flexibility index (Phi) is 3.55. The fourth-order valence-electron chi connectivity index (χ4n) is 2.77. The fraction of sp³-hybridized carbons (Fsp3) is 0.176. The highest BCUT2D eigenvalue weighted by Crippen LogP contribution is 2.22. The highest BCUT2D eigenvalue weighted by Gasteiger charge is 2.11. The molecule has 0 amide bonds. The average molecular weight is 320 g/mol. The third kappa shape index (κ3) is 2.44. The largest absolute Gasteiger partial charge is 0.395 e. The summed E-state index contributed by atoms with van der Waals surface area (Å²) < 4.78 is 3.91. The Hall–Kier alpha value is -3.06. The van der Waals surface area contributed by atoms with Gasteiger partial charge in [-0.2, -0.15) is 0 Å². The van der Waals surface area contributed by atoms with Gasteiger partial charge >= 0.3 is 0 Å². The van der Waals surface area contributed by atoms with E-state index < -0.39 is 0 Å². The Bertz CT molecular complexity index is 1000. The predicted octanol–water partition coefficient (Wildman–Crippen LogP) is 1.98. The molecule has 4 aromatic rings. The van der Waals surface area contributed by atoms with Gasteiger partial charge in [0.25, 0.3) is 0 Å². The Morgan fingerprint density at radius 3 is 2.83 bits per heavy atom. The summed E-state index contributed by atoms with van der Waals surface area (Å²) in [5.74, 6) is 1.47. The van der Waals surface area contributed by atoms with Gasteiger partial charge in [-0.25, -0.2) is 19.9 Å². The first-order valence-corrected chi connectivity index (χ1v) is 7.66. The van der Waals surface area contributed by atoms with E-state index in [0.717, 1.165) is 28.2 Å². The van der Waals surface area contributed by atoms with Crippen molar-refractivity contribution in [1.82, 2.24) is 29.1 Å². The van der Waals surface area contributed by atoms with Crippen LogP contribution in [0.2, 0.25) is 0 Å². The Morgan fingerprint density at radius 2 is 2.00 bits per heavy atom. The molecule has 7 heteroatoms. The van der Waals surface area contributed by atoms with Crippen LogP contribution in [0.1, 0.15) is 5.82 Å². The minimum atomic E-state index is 0.0892. The lowest BCUT2D eigenvalue weighted by Gasteiger charge is -2.08. The molecule has 0 aliphatic rings. The van der Waals surface area contributed by atoms with Crippen LogP contribution >= 0.6 is 0 Å². The van der Waals surface area contributed by atoms with Gasteiger partial charge in [0.05, 0.1) is 24.0 Å². The lowest BCUT2D eigenvalue weighted by atomic mass is 10.2. The van der Waals surface area contributed by atoms with Crippen LogP contribution in [-0.4, -0.2) is 40.8 Å². The molecule has 0 unspecified atom stereocenters. The number of fused-ring (bicyclic) bond motifs is 1. The molecule has 3 heterocycles. The van der Waals surface area contributed by atoms with Crippen molar-refractivity contribution >= 4 is 11.0 Å². The quantitative estimate of drug-likeness (QED) is 0.622. The van der Waals surface area contributed by atoms with Crippen LogP contribution in [0.3, 0.4) is 0 Å². The molecule has 0 aliphatic carbocycles. The lowest BCUT2D eigenvalue weighted by molar-refractivity contribution is 0.278. The summed E-state index contributed by atoms with van der Waals surface area (Å²) in [5.41, 5.74) is 3.60. The zero-order chi connectivity index (χ0) is 16.5. The smallest absolute Gasteiger partial charge is 0.163 e. The molecule has 0 radical (unpaired) electrons. The summed E-state index contributed by atoms with van der Waals surface area (Å²) in [6, 6.07) is 7.86. The van der Waals surface area contributed by atoms with E-state index in [-0.39, 0.29) is 6.61 Å². The molecular weight excluding hydrogens is 304 g/mol. The average Bonchev–Trinajstić information content (AvgIpc) is 3.22. The van der Waals surface area contributed by atoms with E-state index in [2.05, 4.69) is 19.9 Å². The van der Waals surface area contributed by atoms with Crippen LogP contribution in [0.5, 0.6) is 0 Å². The van der Waals surface area contributed by atoms with Gasteiger partial charge in [0.15, 0.2) is 5.82 Å². The molecule has 0 aliphatic heterocycles. The van der Waals surface area contributed by atoms with Crippen LogP contribution in [0, 0.1) is 6.92 Å². The van der Waals surface area contributed by atoms with Crippen molar-refractivity contribution in [2.75, 3.05) is 6.61 Å². The second kappa shape index (κ2) is 5.86. The summed E-state index contributed by atoms with van der Waals surface area (Å²) in [7, 11) is 0. The van der Waals surface area contributed by atoms with Gasteiger partial charge in [-0.1, -0.05) is 0 Å². The number of rotatable bonds is 4. The maximum absolute atomic E-state index is 9.11. The van der Waals surface area contributed by atoms with Gasteiger partial charge in [-0.3, -0.25) is 4.57 Å². The minimum Gasteiger partial charge on any atom is -0.395 e. The second-order valence-electron chi connectivity index (χ2n) is 5.44. The highest BCUT2D eigenvalue weighted by atomic mass is 16.3. The standard InChI is InChI=1S/C17H16N6O/c1-12-18-5-4-14(21-12)17-19-6-7-23(17)13-2-3-16-15(10-13)20-11-22(16)8-9-24/h2-7,10-11,24H,8-9H2,1H3. The van der Waals surface area contributed by atoms with Crippen molar-refractivity contribution in [3.05, 3.63) is 55.0 Å². The van der Waals surface area contributed by atoms with Gasteiger partial charge in [0.1, 0.15) is 11.5 Å². The first kappa shape index (κ1) is 14.5. The molecule has 4 rings (SSSR count). The van der Waals surface area contributed by atoms with Crippen LogP contribution < -0.4 is 0 Å². The molecule has 0 atom stereocenters. The number of aliphatic hydroxyl groups is 1. The fourth-order valence-corrected chi connectivity index (χ4v) is 2.77. The van der Waals surface area contributed by atoms with E-state index in [9.17, 15) is 0 Å². The van der Waals surface area contributed by atoms with E-state index in [1.165, 1.54) is 0 Å². The minimum absolute atomic E-state index is 0.0892. The van der Waals surface area contributed by atoms with Crippen LogP contribution in [0.15, 0.2) is 49.2 Å². The van der Waals surface area contributed by atoms with Crippen LogP contribution in [0.25, 0.3) is 28.2 Å². The molecule has 0 spiro atoms. The molecule has 1 N–H and O–H groups in total. The third-order valence-electron chi connectivity index (χ3n) is 3.87. The monoisotopic (exact) mass is 320 g/mol. The van der Waals surface area contributed by atoms with Gasteiger partial charge in [-0.15, -0.1) is 0 Å². The maximum atomic E-state index is 9.11. The molecule has 1 aromatic carbocycles. The second-order valence-corrected chi connectivity index (χ2v) is 5.44. The normalized spacial score (nSPS) is 11.2. The molecule has 0 saturated carbocycles. The summed E-state index contributed by atoms with van der Waals surface area (Å²) in [6.07, 6.45) is 7.13. The number of hydrogen-bond donors (Lipinski definition) is 1. The summed E-state index contributed by atoms with van der Waals surface area (Å²) >= 11 is 0. The predicted molar refractivity (Wildman–Crippen MR) is 89.7 cm³/mol. The molecule has 0 saturated heterocycles. The Balaban J connectivity index is 1.80. The number of aliphatic hydroxyl groups excluding tert-OH is 1. The van der Waals surface area contributed by atoms with E-state index in [1.807, 2.05) is 46.5 Å². The molecule has 3 aromatic heterocycles. The van der Waals surface area contributed by atoms with Crippen molar-refractivity contribution in [1.29, 1.82) is 0 Å². The summed E-state index contributed by atoms with van der Waals surface area (Å²) in [4.78, 5) is 17.4. The topological polar surface area (TPSA) is 81.7 Å². The number of hydrogen-bond acceptors (Lipinski definition) is 5. The van der Waals surface area contributed by atoms with E-state index in [1.54, 1.807) is 18.7 Å². The van der Waals surface area contributed by atoms with Crippen molar-refractivity contribution in [2.45, 2.75) is 13.5 Å². The van der Waals surface area contributed by atoms with E-state index in [4.69, 9.17) is 5.11 Å². The Morgan fingerprint density at radius 1 is 1.08 bits per heavy atom. The number of imidazole rings is 2. The van der Waals surface area contributed by atoms with E-state index in [0.29, 0.717) is 12.4 Å². The number of benzene rings is 1. The van der Waals surface area contributed by atoms with Crippen LogP contribution in [0.4, 0.5) is 0 Å². The SMILES string of the molecule is Cc1nccc(-c2nccn2-c2ccc3c(c2)ncn3CCO)n1. The third-order valence-corrected chi connectivity index (χ3v) is 3.87. The molecule has 24 heavy (non-hydrogen) atoms. The zero-order valence-electron chi connectivity index (χ0n) is 13.2. The number of aromatic nitrogens is 6. The highest BCUT2D eigenvalue weighted by molar-refractivity contribution is 5.78. The van der Waals surface area contributed by atoms with Gasteiger partial charge < -0.3 is 9.67 Å². The Labute approximate surface area is 138 Å². The van der Waals surface area contributed by atoms with Gasteiger partial charge in [0.2, 0.25) is 0 Å². The lowest BCUT2D eigenvalue weighted by Crippen LogP contribution is -2.01. The molecule has 7 nitrogen and oxygen atoms in total. The number of aryl methyl sites for hydroxylation is 1. The van der Waals surface area contributed by atoms with Gasteiger partial charge in [0, 0.05) is 30.8 Å². The molecule has 0 bridgehead atoms. The first-order valence-electron chi connectivity index (χ1n) is 7.66. The summed E-state index contributed by atoms with van der Waals surface area (Å²) in [6.45, 7) is 2.48. The van der Waals surface area contributed by atoms with Crippen LogP contribution in [-0.2, 0) is 6.54 Å². The molecule has 0 fully saturated rings. The maximum Gasteiger partial charge on any atom is 0.163 e. The van der Waals surface area contributed by atoms with Crippen molar-refractivity contribution < 1.29 is 5.11 Å². The van der Waals surface area contributed by atoms with E-state index >= 15 is 0 Å². The van der Waals surface area contributed by atoms with Crippen molar-refractivity contribution in [2.24, 2.45) is 0 Å². The molecular formula is C17H16N6O. The van der Waals surface area contributed by atoms with Crippen molar-refractivity contribution in [3.63, 3.8) is 0 Å². The van der Waals surface area contributed by atoms with Gasteiger partial charge in [-0.05, 0) is 31.2 Å². The first-order chi connectivity index (χ1) is 11.8. The molecule has 120 valence electrons. The summed E-state index contributed by atoms with van der Waals surface area (Å²) in [5, 5.41) is 9.11. The van der Waals surface area contributed by atoms with Crippen molar-refractivity contribution in [3.8, 4) is 17.2 Å².